The van der Waals surface area contributed by atoms with Gasteiger partial charge in [0.2, 0.25) is 0 Å². The van der Waals surface area contributed by atoms with Crippen molar-refractivity contribution < 1.29 is 28.7 Å². The van der Waals surface area contributed by atoms with Crippen LogP contribution < -0.4 is 15.8 Å². The van der Waals surface area contributed by atoms with E-state index in [1.165, 1.54) is 30.0 Å². The van der Waals surface area contributed by atoms with Gasteiger partial charge in [0, 0.05) is 17.3 Å². The van der Waals surface area contributed by atoms with Crippen molar-refractivity contribution >= 4 is 51.7 Å². The Labute approximate surface area is 227 Å². The minimum Gasteiger partial charge on any atom is -0.496 e. The number of allylic oxidation sites excluding steroid dienone is 1. The third kappa shape index (κ3) is 6.00. The predicted molar refractivity (Wildman–Crippen MR) is 145 cm³/mol. The van der Waals surface area contributed by atoms with E-state index < -0.39 is 17.9 Å². The Hall–Kier alpha value is -3.84. The average Bonchev–Trinajstić information content (AvgIpc) is 3.37. The summed E-state index contributed by atoms with van der Waals surface area (Å²) >= 11 is 2.52. The second-order valence-corrected chi connectivity index (χ2v) is 10.4. The molecule has 0 bridgehead atoms. The molecule has 4 rings (SSSR count). The molecule has 3 N–H and O–H groups in total. The first-order valence-electron chi connectivity index (χ1n) is 11.5. The zero-order valence-corrected chi connectivity index (χ0v) is 22.6. The minimum absolute atomic E-state index is 0.0820. The number of amides is 2. The monoisotopic (exact) mass is 557 g/mol. The zero-order chi connectivity index (χ0) is 27.2. The van der Waals surface area contributed by atoms with Crippen LogP contribution in [0.25, 0.3) is 0 Å². The summed E-state index contributed by atoms with van der Waals surface area (Å²) in [5.41, 5.74) is 8.13. The SMILES string of the molecule is CON=C(C(=O)NC1C(=O)N2C=C(C(=O)OCC(C)=CCc3ccccc3OC)CS[C@H]12)c1csc(N)n1. The normalized spacial score (nSPS) is 19.2. The van der Waals surface area contributed by atoms with Crippen molar-refractivity contribution in [2.45, 2.75) is 24.8 Å². The number of hydrogen-bond acceptors (Lipinski definition) is 11. The number of methoxy groups -OCH3 is 1. The number of oxime groups is 1. The number of thiazole rings is 1. The molecule has 0 saturated carbocycles. The van der Waals surface area contributed by atoms with Crippen molar-refractivity contribution in [3.63, 3.8) is 0 Å². The third-order valence-corrected chi connectivity index (χ3v) is 7.78. The molecule has 1 fully saturated rings. The van der Waals surface area contributed by atoms with Crippen LogP contribution in [0.1, 0.15) is 18.2 Å². The number of para-hydroxylation sites is 1. The topological polar surface area (TPSA) is 145 Å². The average molecular weight is 558 g/mol. The first kappa shape index (κ1) is 27.2. The lowest BCUT2D eigenvalue weighted by Crippen LogP contribution is -2.69. The van der Waals surface area contributed by atoms with Gasteiger partial charge in [-0.05, 0) is 30.5 Å². The van der Waals surface area contributed by atoms with Crippen molar-refractivity contribution in [2.75, 3.05) is 32.3 Å². The maximum atomic E-state index is 12.8. The van der Waals surface area contributed by atoms with E-state index in [1.54, 1.807) is 12.5 Å². The molecule has 2 atom stereocenters. The number of carbonyl (C=O) groups is 3. The van der Waals surface area contributed by atoms with Crippen LogP contribution in [0, 0.1) is 0 Å². The van der Waals surface area contributed by atoms with Crippen LogP contribution >= 0.6 is 23.1 Å². The van der Waals surface area contributed by atoms with Gasteiger partial charge in [0.15, 0.2) is 10.8 Å². The van der Waals surface area contributed by atoms with Crippen LogP contribution in [0.15, 0.2) is 58.2 Å². The van der Waals surface area contributed by atoms with E-state index in [9.17, 15) is 14.4 Å². The van der Waals surface area contributed by atoms with Crippen molar-refractivity contribution in [1.29, 1.82) is 0 Å². The van der Waals surface area contributed by atoms with Crippen LogP contribution in [0.4, 0.5) is 5.13 Å². The smallest absolute Gasteiger partial charge is 0.336 e. The molecule has 1 unspecified atom stereocenters. The molecule has 200 valence electrons. The number of hydrogen-bond donors (Lipinski definition) is 2. The summed E-state index contributed by atoms with van der Waals surface area (Å²) in [6.45, 7) is 2.02. The molecule has 38 heavy (non-hydrogen) atoms. The number of β-lactam (4-membered cyclic amide) rings is 1. The summed E-state index contributed by atoms with van der Waals surface area (Å²) in [7, 11) is 2.93. The first-order valence-corrected chi connectivity index (χ1v) is 13.5. The summed E-state index contributed by atoms with van der Waals surface area (Å²) in [6.07, 6.45) is 4.13. The molecule has 13 heteroatoms. The van der Waals surface area contributed by atoms with Crippen LogP contribution in [0.3, 0.4) is 0 Å². The number of nitrogen functional groups attached to an aromatic ring is 1. The highest BCUT2D eigenvalue weighted by atomic mass is 32.2. The number of nitrogens with zero attached hydrogens (tertiary/aromatic N) is 3. The summed E-state index contributed by atoms with van der Waals surface area (Å²) in [5, 5.41) is 7.91. The minimum atomic E-state index is -0.778. The maximum Gasteiger partial charge on any atom is 0.336 e. The Morgan fingerprint density at radius 2 is 2.11 bits per heavy atom. The number of carbonyl (C=O) groups excluding carboxylic acids is 3. The molecule has 2 aliphatic heterocycles. The molecule has 2 aromatic rings. The van der Waals surface area contributed by atoms with E-state index >= 15 is 0 Å². The lowest BCUT2D eigenvalue weighted by Gasteiger charge is -2.47. The lowest BCUT2D eigenvalue weighted by atomic mass is 10.1. The largest absolute Gasteiger partial charge is 0.496 e. The van der Waals surface area contributed by atoms with Gasteiger partial charge in [0.1, 0.15) is 36.6 Å². The van der Waals surface area contributed by atoms with E-state index in [0.717, 1.165) is 28.2 Å². The lowest BCUT2D eigenvalue weighted by molar-refractivity contribution is -0.144. The highest BCUT2D eigenvalue weighted by Crippen LogP contribution is 2.36. The molecular formula is C25H27N5O6S2. The Bertz CT molecular complexity index is 1320. The highest BCUT2D eigenvalue weighted by molar-refractivity contribution is 8.00. The van der Waals surface area contributed by atoms with Gasteiger partial charge in [-0.3, -0.25) is 9.59 Å². The zero-order valence-electron chi connectivity index (χ0n) is 21.0. The number of ether oxygens (including phenoxy) is 2. The highest BCUT2D eigenvalue weighted by Gasteiger charge is 2.50. The van der Waals surface area contributed by atoms with Gasteiger partial charge in [0.05, 0.1) is 12.7 Å². The van der Waals surface area contributed by atoms with E-state index in [1.807, 2.05) is 37.3 Å². The van der Waals surface area contributed by atoms with Crippen molar-refractivity contribution in [3.05, 3.63) is 64.3 Å². The molecule has 0 aliphatic carbocycles. The molecule has 0 spiro atoms. The summed E-state index contributed by atoms with van der Waals surface area (Å²) in [6, 6.07) is 6.95. The standard InChI is InChI=1S/C25H27N5O6S2/c1-14(8-9-15-6-4-5-7-18(15)34-2)11-36-24(33)16-10-30-22(32)20(23(30)37-12-16)28-21(31)19(29-35-3)17-13-38-25(26)27-17/h4-8,10,13,20,23H,9,11-12H2,1-3H3,(H2,26,27)(H,28,31)/t20?,23-/m1/s1. The summed E-state index contributed by atoms with van der Waals surface area (Å²) in [5.74, 6) is -0.303. The van der Waals surface area contributed by atoms with Gasteiger partial charge in [0.25, 0.3) is 11.8 Å². The van der Waals surface area contributed by atoms with Crippen LogP contribution in [0.5, 0.6) is 5.75 Å². The van der Waals surface area contributed by atoms with Crippen LogP contribution in [-0.4, -0.2) is 71.4 Å². The number of aromatic nitrogens is 1. The van der Waals surface area contributed by atoms with Crippen molar-refractivity contribution in [3.8, 4) is 5.75 Å². The van der Waals surface area contributed by atoms with Crippen LogP contribution in [-0.2, 0) is 30.4 Å². The number of rotatable bonds is 10. The number of thioether (sulfide) groups is 1. The Morgan fingerprint density at radius 1 is 1.32 bits per heavy atom. The summed E-state index contributed by atoms with van der Waals surface area (Å²) in [4.78, 5) is 48.4. The molecular weight excluding hydrogens is 530 g/mol. The van der Waals surface area contributed by atoms with Crippen molar-refractivity contribution in [2.24, 2.45) is 5.16 Å². The summed E-state index contributed by atoms with van der Waals surface area (Å²) < 4.78 is 10.8. The fourth-order valence-electron chi connectivity index (χ4n) is 3.81. The molecule has 1 saturated heterocycles. The van der Waals surface area contributed by atoms with E-state index in [2.05, 4.69) is 15.5 Å². The second kappa shape index (κ2) is 12.1. The number of nitrogens with two attached hydrogens (primary N) is 1. The van der Waals surface area contributed by atoms with Gasteiger partial charge in [-0.2, -0.15) is 0 Å². The number of nitrogens with one attached hydrogen (secondary N) is 1. The maximum absolute atomic E-state index is 12.8. The van der Waals surface area contributed by atoms with E-state index in [-0.39, 0.29) is 34.4 Å². The van der Waals surface area contributed by atoms with Crippen molar-refractivity contribution in [1.82, 2.24) is 15.2 Å². The van der Waals surface area contributed by atoms with Gasteiger partial charge in [-0.15, -0.1) is 23.1 Å². The van der Waals surface area contributed by atoms with Gasteiger partial charge < -0.3 is 30.3 Å². The van der Waals surface area contributed by atoms with Gasteiger partial charge in [-0.25, -0.2) is 9.78 Å². The molecule has 1 aromatic heterocycles. The molecule has 1 aromatic carbocycles. The first-order chi connectivity index (χ1) is 18.3. The third-order valence-electron chi connectivity index (χ3n) is 5.79. The number of benzene rings is 1. The van der Waals surface area contributed by atoms with Gasteiger partial charge in [-0.1, -0.05) is 29.4 Å². The van der Waals surface area contributed by atoms with E-state index in [4.69, 9.17) is 20.0 Å². The fourth-order valence-corrected chi connectivity index (χ4v) is 5.61. The quantitative estimate of drug-likeness (QED) is 0.147. The second-order valence-electron chi connectivity index (χ2n) is 8.39. The number of anilines is 1. The number of esters is 1. The van der Waals surface area contributed by atoms with Crippen LogP contribution in [0.2, 0.25) is 0 Å². The Kier molecular flexibility index (Phi) is 8.69. The van der Waals surface area contributed by atoms with Gasteiger partial charge >= 0.3 is 5.97 Å². The Balaban J connectivity index is 1.31. The number of fused-ring (bicyclic) bond motifs is 1. The Morgan fingerprint density at radius 3 is 2.82 bits per heavy atom. The molecule has 2 amide bonds. The molecule has 3 heterocycles. The molecule has 0 radical (unpaired) electrons. The molecule has 11 nitrogen and oxygen atoms in total. The molecule has 2 aliphatic rings. The fraction of sp³-hybridized carbons (Fsp3) is 0.320. The van der Waals surface area contributed by atoms with E-state index in [0.29, 0.717) is 17.7 Å². The predicted octanol–water partition coefficient (Wildman–Crippen LogP) is 2.10.